The Balaban J connectivity index is 1.19. The normalized spacial score (nSPS) is 28.8. The molecule has 0 bridgehead atoms. The second-order valence-corrected chi connectivity index (χ2v) is 18.4. The predicted octanol–water partition coefficient (Wildman–Crippen LogP) is 3.35. The molecule has 1 aromatic rings. The molecule has 3 saturated carbocycles. The minimum absolute atomic E-state index is 0.0572. The lowest BCUT2D eigenvalue weighted by Gasteiger charge is -2.59. The predicted molar refractivity (Wildman–Crippen MR) is 212 cm³/mol. The summed E-state index contributed by atoms with van der Waals surface area (Å²) in [6.45, 7) is 13.8. The number of nitrogens with zero attached hydrogens (tertiary/aromatic N) is 6. The maximum absolute atomic E-state index is 13.7. The van der Waals surface area contributed by atoms with E-state index in [0.717, 1.165) is 38.5 Å². The molecule has 0 aliphatic heterocycles. The summed E-state index contributed by atoms with van der Waals surface area (Å²) in [5, 5.41) is 21.5. The highest BCUT2D eigenvalue weighted by atomic mass is 16.5. The Hall–Kier alpha value is -3.04. The standard InChI is InChI=1S/C42H69N7O7/c1-29(2)46(27-37(52)48(21-23-56-8)28-38(53)47(20-22-55-7)26-36(51)39(3,4)43)18-9-19-49-25-35(44-45-49)42(54)17-14-34-32-11-10-30-24-31(50)12-15-40(30,5)33(32)13-16-41(34,42)6/h24-25,29,32-34,54H,9-23,26-28,43H2,1-8H3. The minimum atomic E-state index is -1.10. The van der Waals surface area contributed by atoms with Crippen molar-refractivity contribution in [1.29, 1.82) is 0 Å². The molecule has 14 nitrogen and oxygen atoms in total. The average Bonchev–Trinajstić information content (AvgIpc) is 3.73. The summed E-state index contributed by atoms with van der Waals surface area (Å²) in [5.74, 6) is 0.904. The van der Waals surface area contributed by atoms with Crippen molar-refractivity contribution in [1.82, 2.24) is 29.7 Å². The van der Waals surface area contributed by atoms with Gasteiger partial charge in [-0.25, -0.2) is 0 Å². The molecule has 3 fully saturated rings. The first-order chi connectivity index (χ1) is 26.4. The number of nitrogens with two attached hydrogens (primary N) is 1. The second-order valence-electron chi connectivity index (χ2n) is 18.4. The number of Topliss-reactive ketones (excluding diaryl/α,β-unsaturated/α-hetero) is 1. The van der Waals surface area contributed by atoms with Gasteiger partial charge in [0.15, 0.2) is 11.6 Å². The van der Waals surface area contributed by atoms with Crippen LogP contribution in [0.5, 0.6) is 0 Å². The van der Waals surface area contributed by atoms with Gasteiger partial charge in [0, 0.05) is 58.3 Å². The van der Waals surface area contributed by atoms with Crippen LogP contribution in [0.15, 0.2) is 17.8 Å². The van der Waals surface area contributed by atoms with Gasteiger partial charge in [-0.1, -0.05) is 24.6 Å². The molecule has 0 spiro atoms. The van der Waals surface area contributed by atoms with Gasteiger partial charge in [-0.3, -0.25) is 28.8 Å². The third-order valence-electron chi connectivity index (χ3n) is 14.2. The van der Waals surface area contributed by atoms with Crippen LogP contribution in [-0.2, 0) is 40.8 Å². The van der Waals surface area contributed by atoms with Crippen LogP contribution in [-0.4, -0.2) is 136 Å². The summed E-state index contributed by atoms with van der Waals surface area (Å²) in [6, 6.07) is 0.0572. The van der Waals surface area contributed by atoms with E-state index in [9.17, 15) is 24.3 Å². The largest absolute Gasteiger partial charge is 0.383 e. The number of methoxy groups -OCH3 is 2. The fourth-order valence-corrected chi connectivity index (χ4v) is 10.4. The third-order valence-corrected chi connectivity index (χ3v) is 14.2. The molecular weight excluding hydrogens is 715 g/mol. The van der Waals surface area contributed by atoms with Gasteiger partial charge in [-0.05, 0) is 108 Å². The Bertz CT molecular complexity index is 1610. The van der Waals surface area contributed by atoms with E-state index in [4.69, 9.17) is 15.2 Å². The molecule has 4 aliphatic rings. The number of aliphatic hydroxyl groups is 1. The highest BCUT2D eigenvalue weighted by Gasteiger charge is 2.65. The number of aryl methyl sites for hydroxylation is 1. The molecule has 56 heavy (non-hydrogen) atoms. The lowest BCUT2D eigenvalue weighted by atomic mass is 9.46. The van der Waals surface area contributed by atoms with Crippen molar-refractivity contribution in [3.8, 4) is 0 Å². The highest BCUT2D eigenvalue weighted by Crippen LogP contribution is 2.69. The molecule has 4 aliphatic carbocycles. The number of ketones is 2. The van der Waals surface area contributed by atoms with Gasteiger partial charge in [-0.2, -0.15) is 0 Å². The molecule has 1 aromatic heterocycles. The monoisotopic (exact) mass is 784 g/mol. The fraction of sp³-hybridized carbons (Fsp3) is 0.810. The second kappa shape index (κ2) is 17.8. The van der Waals surface area contributed by atoms with Crippen molar-refractivity contribution in [2.24, 2.45) is 34.3 Å². The van der Waals surface area contributed by atoms with Crippen LogP contribution >= 0.6 is 0 Å². The number of fused-ring (bicyclic) bond motifs is 5. The van der Waals surface area contributed by atoms with Gasteiger partial charge in [0.2, 0.25) is 11.8 Å². The van der Waals surface area contributed by atoms with Gasteiger partial charge in [-0.15, -0.1) is 5.10 Å². The Kier molecular flexibility index (Phi) is 14.0. The van der Waals surface area contributed by atoms with Crippen LogP contribution in [0.4, 0.5) is 0 Å². The molecule has 3 N–H and O–H groups in total. The first-order valence-corrected chi connectivity index (χ1v) is 20.8. The van der Waals surface area contributed by atoms with Crippen LogP contribution in [0, 0.1) is 28.6 Å². The van der Waals surface area contributed by atoms with Crippen LogP contribution in [0.1, 0.15) is 105 Å². The summed E-state index contributed by atoms with van der Waals surface area (Å²) in [4.78, 5) is 57.2. The number of aromatic nitrogens is 3. The SMILES string of the molecule is COCCN(CC(=O)N(CCOC)CC(=O)C(C)(C)N)C(=O)CN(CCCn1cc(C2(O)CCC3C4CCC5=CC(=O)CCC5(C)C4CCC32C)nn1)C(C)C. The van der Waals surface area contributed by atoms with Crippen molar-refractivity contribution in [3.63, 3.8) is 0 Å². The summed E-state index contributed by atoms with van der Waals surface area (Å²) in [6.07, 6.45) is 11.8. The quantitative estimate of drug-likeness (QED) is 0.211. The highest BCUT2D eigenvalue weighted by molar-refractivity contribution is 5.93. The zero-order valence-electron chi connectivity index (χ0n) is 35.3. The molecule has 1 heterocycles. The minimum Gasteiger partial charge on any atom is -0.383 e. The molecule has 0 aromatic carbocycles. The van der Waals surface area contributed by atoms with E-state index in [0.29, 0.717) is 55.8 Å². The van der Waals surface area contributed by atoms with Crippen LogP contribution in [0.3, 0.4) is 0 Å². The number of hydrogen-bond donors (Lipinski definition) is 2. The number of carbonyl (C=O) groups is 4. The van der Waals surface area contributed by atoms with E-state index in [-0.39, 0.29) is 86.2 Å². The van der Waals surface area contributed by atoms with Crippen LogP contribution in [0.25, 0.3) is 0 Å². The molecule has 5 rings (SSSR count). The lowest BCUT2D eigenvalue weighted by molar-refractivity contribution is -0.143. The number of amides is 2. The maximum Gasteiger partial charge on any atom is 0.242 e. The number of ether oxygens (including phenoxy) is 2. The van der Waals surface area contributed by atoms with Crippen molar-refractivity contribution in [3.05, 3.63) is 23.5 Å². The molecule has 14 heteroatoms. The van der Waals surface area contributed by atoms with Gasteiger partial charge in [0.25, 0.3) is 0 Å². The Morgan fingerprint density at radius 2 is 1.59 bits per heavy atom. The molecule has 314 valence electrons. The summed E-state index contributed by atoms with van der Waals surface area (Å²) in [7, 11) is 3.07. The summed E-state index contributed by atoms with van der Waals surface area (Å²) < 4.78 is 12.3. The number of allylic oxidation sites excluding steroid dienone is 1. The molecular formula is C42H69N7O7. The van der Waals surface area contributed by atoms with Gasteiger partial charge in [0.05, 0.1) is 44.6 Å². The molecule has 6 atom stereocenters. The topological polar surface area (TPSA) is 173 Å². The molecule has 6 unspecified atom stereocenters. The van der Waals surface area contributed by atoms with E-state index in [2.05, 4.69) is 29.1 Å². The van der Waals surface area contributed by atoms with E-state index < -0.39 is 11.1 Å². The third kappa shape index (κ3) is 9.14. The van der Waals surface area contributed by atoms with Crippen LogP contribution < -0.4 is 5.73 Å². The smallest absolute Gasteiger partial charge is 0.242 e. The van der Waals surface area contributed by atoms with Gasteiger partial charge in [0.1, 0.15) is 11.3 Å². The number of carbonyl (C=O) groups excluding carboxylic acids is 4. The number of hydrogen-bond acceptors (Lipinski definition) is 11. The Labute approximate surface area is 333 Å². The van der Waals surface area contributed by atoms with E-state index >= 15 is 0 Å². The van der Waals surface area contributed by atoms with E-state index in [1.165, 1.54) is 22.5 Å². The van der Waals surface area contributed by atoms with Crippen LogP contribution in [0.2, 0.25) is 0 Å². The zero-order valence-corrected chi connectivity index (χ0v) is 35.3. The maximum atomic E-state index is 13.7. The van der Waals surface area contributed by atoms with Crippen molar-refractivity contribution < 1.29 is 33.8 Å². The Morgan fingerprint density at radius 1 is 0.946 bits per heavy atom. The average molecular weight is 784 g/mol. The molecule has 2 amide bonds. The van der Waals surface area contributed by atoms with Crippen molar-refractivity contribution >= 4 is 23.4 Å². The van der Waals surface area contributed by atoms with E-state index in [1.54, 1.807) is 21.0 Å². The summed E-state index contributed by atoms with van der Waals surface area (Å²) >= 11 is 0. The van der Waals surface area contributed by atoms with Gasteiger partial charge >= 0.3 is 0 Å². The van der Waals surface area contributed by atoms with Gasteiger partial charge < -0.3 is 30.1 Å². The zero-order chi connectivity index (χ0) is 41.1. The molecule has 0 saturated heterocycles. The summed E-state index contributed by atoms with van der Waals surface area (Å²) in [5.41, 5.74) is 5.66. The van der Waals surface area contributed by atoms with Crippen molar-refractivity contribution in [2.45, 2.75) is 123 Å². The van der Waals surface area contributed by atoms with E-state index in [1.807, 2.05) is 30.8 Å². The lowest BCUT2D eigenvalue weighted by Crippen LogP contribution is -2.53. The number of rotatable bonds is 19. The molecule has 0 radical (unpaired) electrons. The van der Waals surface area contributed by atoms with Crippen molar-refractivity contribution in [2.75, 3.05) is 66.7 Å². The fourth-order valence-electron chi connectivity index (χ4n) is 10.4. The first-order valence-electron chi connectivity index (χ1n) is 20.8. The Morgan fingerprint density at radius 3 is 2.23 bits per heavy atom. The first kappa shape index (κ1) is 44.1.